The van der Waals surface area contributed by atoms with Crippen LogP contribution >= 0.6 is 0 Å². The van der Waals surface area contributed by atoms with E-state index in [0.717, 1.165) is 0 Å². The molecule has 1 heteroatoms. The zero-order chi connectivity index (χ0) is 12.8. The summed E-state index contributed by atoms with van der Waals surface area (Å²) in [7, 11) is 0. The van der Waals surface area contributed by atoms with E-state index in [9.17, 15) is 0 Å². The molecular formula is C17H23N. The predicted molar refractivity (Wildman–Crippen MR) is 78.2 cm³/mol. The molecule has 2 aromatic rings. The van der Waals surface area contributed by atoms with Gasteiger partial charge in [-0.25, -0.2) is 0 Å². The molecule has 0 bridgehead atoms. The first-order valence-electron chi connectivity index (χ1n) is 7.19. The van der Waals surface area contributed by atoms with Crippen LogP contribution in [-0.4, -0.2) is 4.98 Å². The average Bonchev–Trinajstić information content (AvgIpc) is 2.74. The maximum absolute atomic E-state index is 3.51. The van der Waals surface area contributed by atoms with Gasteiger partial charge in [-0.1, -0.05) is 37.8 Å². The Morgan fingerprint density at radius 2 is 1.78 bits per heavy atom. The summed E-state index contributed by atoms with van der Waals surface area (Å²) in [6.45, 7) is 6.86. The van der Waals surface area contributed by atoms with Crippen LogP contribution in [0.15, 0.2) is 18.3 Å². The Morgan fingerprint density at radius 3 is 2.50 bits per heavy atom. The van der Waals surface area contributed by atoms with Gasteiger partial charge in [0.1, 0.15) is 0 Å². The highest BCUT2D eigenvalue weighted by atomic mass is 14.7. The minimum Gasteiger partial charge on any atom is -0.361 e. The van der Waals surface area contributed by atoms with E-state index in [-0.39, 0.29) is 0 Å². The van der Waals surface area contributed by atoms with E-state index in [1.54, 1.807) is 5.56 Å². The molecule has 0 atom stereocenters. The molecule has 1 nitrogen and oxygen atoms in total. The Bertz CT molecular complexity index is 571. The van der Waals surface area contributed by atoms with Crippen molar-refractivity contribution in [3.05, 3.63) is 35.0 Å². The number of H-pyrrole nitrogens is 1. The highest BCUT2D eigenvalue weighted by Gasteiger charge is 2.31. The second kappa shape index (κ2) is 4.15. The van der Waals surface area contributed by atoms with E-state index in [0.29, 0.717) is 5.41 Å². The maximum atomic E-state index is 3.51. The van der Waals surface area contributed by atoms with Crippen LogP contribution < -0.4 is 0 Å². The van der Waals surface area contributed by atoms with Crippen molar-refractivity contribution < 1.29 is 0 Å². The monoisotopic (exact) mass is 241 g/mol. The lowest BCUT2D eigenvalue weighted by Crippen LogP contribution is -2.24. The van der Waals surface area contributed by atoms with Crippen LogP contribution in [0.2, 0.25) is 0 Å². The Hall–Kier alpha value is -1.24. The van der Waals surface area contributed by atoms with E-state index >= 15 is 0 Å². The molecular weight excluding hydrogens is 218 g/mol. The summed E-state index contributed by atoms with van der Waals surface area (Å²) >= 11 is 0. The lowest BCUT2D eigenvalue weighted by Gasteiger charge is -2.33. The molecule has 1 heterocycles. The number of nitrogens with one attached hydrogen (secondary N) is 1. The second-order valence-electron chi connectivity index (χ2n) is 6.33. The normalized spacial score (nSPS) is 19.3. The van der Waals surface area contributed by atoms with E-state index in [2.05, 4.69) is 44.1 Å². The topological polar surface area (TPSA) is 15.8 Å². The quantitative estimate of drug-likeness (QED) is 0.722. The Morgan fingerprint density at radius 1 is 1.06 bits per heavy atom. The summed E-state index contributed by atoms with van der Waals surface area (Å²) in [6.07, 6.45) is 9.13. The number of hydrogen-bond donors (Lipinski definition) is 1. The van der Waals surface area contributed by atoms with Crippen LogP contribution in [0.5, 0.6) is 0 Å². The van der Waals surface area contributed by atoms with Gasteiger partial charge in [0, 0.05) is 17.1 Å². The number of hydrogen-bond acceptors (Lipinski definition) is 0. The van der Waals surface area contributed by atoms with Crippen LogP contribution in [0.1, 0.15) is 55.7 Å². The molecule has 0 amide bonds. The van der Waals surface area contributed by atoms with Crippen LogP contribution in [0.3, 0.4) is 0 Å². The molecule has 0 aliphatic heterocycles. The van der Waals surface area contributed by atoms with Gasteiger partial charge in [0.2, 0.25) is 0 Å². The second-order valence-corrected chi connectivity index (χ2v) is 6.33. The number of fused-ring (bicyclic) bond motifs is 1. The fourth-order valence-corrected chi connectivity index (χ4v) is 3.69. The molecule has 0 radical (unpaired) electrons. The van der Waals surface area contributed by atoms with Crippen molar-refractivity contribution in [1.29, 1.82) is 0 Å². The van der Waals surface area contributed by atoms with Crippen molar-refractivity contribution in [3.8, 4) is 0 Å². The molecule has 0 saturated heterocycles. The van der Waals surface area contributed by atoms with Crippen molar-refractivity contribution >= 4 is 10.9 Å². The van der Waals surface area contributed by atoms with Gasteiger partial charge in [0.05, 0.1) is 0 Å². The molecule has 1 saturated carbocycles. The molecule has 1 fully saturated rings. The predicted octanol–water partition coefficient (Wildman–Crippen LogP) is 5.01. The summed E-state index contributed by atoms with van der Waals surface area (Å²) in [5, 5.41) is 1.46. The fourth-order valence-electron chi connectivity index (χ4n) is 3.69. The summed E-state index contributed by atoms with van der Waals surface area (Å²) in [4.78, 5) is 3.51. The first-order valence-corrected chi connectivity index (χ1v) is 7.19. The Balaban J connectivity index is 2.17. The first kappa shape index (κ1) is 11.8. The third kappa shape index (κ3) is 1.77. The van der Waals surface area contributed by atoms with Crippen molar-refractivity contribution in [1.82, 2.24) is 4.98 Å². The summed E-state index contributed by atoms with van der Waals surface area (Å²) < 4.78 is 0. The molecule has 18 heavy (non-hydrogen) atoms. The Kier molecular flexibility index (Phi) is 2.73. The zero-order valence-corrected chi connectivity index (χ0v) is 11.8. The molecule has 1 aliphatic rings. The van der Waals surface area contributed by atoms with Gasteiger partial charge in [-0.15, -0.1) is 0 Å². The van der Waals surface area contributed by atoms with Crippen molar-refractivity contribution in [2.75, 3.05) is 0 Å². The molecule has 0 unspecified atom stereocenters. The lowest BCUT2D eigenvalue weighted by molar-refractivity contribution is 0.322. The van der Waals surface area contributed by atoms with E-state index in [1.165, 1.54) is 54.1 Å². The average molecular weight is 241 g/mol. The van der Waals surface area contributed by atoms with Gasteiger partial charge in [0.15, 0.2) is 0 Å². The van der Waals surface area contributed by atoms with Crippen molar-refractivity contribution in [3.63, 3.8) is 0 Å². The van der Waals surface area contributed by atoms with Gasteiger partial charge in [-0.3, -0.25) is 0 Å². The Labute approximate surface area is 110 Å². The van der Waals surface area contributed by atoms with Crippen LogP contribution in [-0.2, 0) is 5.41 Å². The highest BCUT2D eigenvalue weighted by molar-refractivity contribution is 5.87. The van der Waals surface area contributed by atoms with E-state index in [1.807, 2.05) is 0 Å². The van der Waals surface area contributed by atoms with Crippen LogP contribution in [0.4, 0.5) is 0 Å². The van der Waals surface area contributed by atoms with Gasteiger partial charge < -0.3 is 4.98 Å². The molecule has 1 aliphatic carbocycles. The SMILES string of the molecule is Cc1cc(C)c2[nH]cc(C3(C)CCCCC3)c2c1. The molecule has 3 rings (SSSR count). The van der Waals surface area contributed by atoms with Gasteiger partial charge in [-0.2, -0.15) is 0 Å². The number of aromatic nitrogens is 1. The third-order valence-corrected chi connectivity index (χ3v) is 4.74. The van der Waals surface area contributed by atoms with Gasteiger partial charge >= 0.3 is 0 Å². The number of aryl methyl sites for hydroxylation is 2. The zero-order valence-electron chi connectivity index (χ0n) is 11.8. The summed E-state index contributed by atoms with van der Waals surface area (Å²) in [5.41, 5.74) is 6.01. The van der Waals surface area contributed by atoms with E-state index in [4.69, 9.17) is 0 Å². The minimum atomic E-state index is 0.386. The van der Waals surface area contributed by atoms with Crippen LogP contribution in [0.25, 0.3) is 10.9 Å². The standard InChI is InChI=1S/C17H23N/c1-12-9-13(2)16-14(10-12)15(11-18-16)17(3)7-5-4-6-8-17/h9-11,18H,4-8H2,1-3H3. The summed E-state index contributed by atoms with van der Waals surface area (Å²) in [5.74, 6) is 0. The molecule has 1 aromatic carbocycles. The largest absolute Gasteiger partial charge is 0.361 e. The minimum absolute atomic E-state index is 0.386. The third-order valence-electron chi connectivity index (χ3n) is 4.74. The van der Waals surface area contributed by atoms with Gasteiger partial charge in [-0.05, 0) is 49.3 Å². The fraction of sp³-hybridized carbons (Fsp3) is 0.529. The van der Waals surface area contributed by atoms with E-state index < -0.39 is 0 Å². The smallest absolute Gasteiger partial charge is 0.0486 e. The highest BCUT2D eigenvalue weighted by Crippen LogP contribution is 2.42. The van der Waals surface area contributed by atoms with Gasteiger partial charge in [0.25, 0.3) is 0 Å². The molecule has 1 N–H and O–H groups in total. The first-order chi connectivity index (χ1) is 8.60. The van der Waals surface area contributed by atoms with Crippen molar-refractivity contribution in [2.45, 2.75) is 58.3 Å². The lowest BCUT2D eigenvalue weighted by atomic mass is 9.71. The van der Waals surface area contributed by atoms with Crippen LogP contribution in [0, 0.1) is 13.8 Å². The number of rotatable bonds is 1. The molecule has 1 aromatic heterocycles. The number of aromatic amines is 1. The molecule has 0 spiro atoms. The summed E-state index contributed by atoms with van der Waals surface area (Å²) in [6, 6.07) is 4.62. The maximum Gasteiger partial charge on any atom is 0.0486 e. The molecule has 96 valence electrons. The van der Waals surface area contributed by atoms with Crippen molar-refractivity contribution in [2.24, 2.45) is 0 Å². The number of benzene rings is 1.